The van der Waals surface area contributed by atoms with Gasteiger partial charge in [0.1, 0.15) is 5.60 Å². The molecule has 0 amide bonds. The van der Waals surface area contributed by atoms with Crippen molar-refractivity contribution in [3.8, 4) is 0 Å². The second kappa shape index (κ2) is 3.89. The molecule has 1 aliphatic heterocycles. The largest absolute Gasteiger partial charge is 0.377 e. The molecule has 1 heterocycles. The molecular formula is C19H21NO. The van der Waals surface area contributed by atoms with E-state index in [0.717, 1.165) is 29.7 Å². The smallest absolute Gasteiger partial charge is 0.134 e. The van der Waals surface area contributed by atoms with E-state index in [1.54, 1.807) is 0 Å². The topological polar surface area (TPSA) is 23.5 Å². The summed E-state index contributed by atoms with van der Waals surface area (Å²) in [5.41, 5.74) is 5.07. The highest BCUT2D eigenvalue weighted by Gasteiger charge is 2.44. The van der Waals surface area contributed by atoms with Gasteiger partial charge < -0.3 is 10.0 Å². The summed E-state index contributed by atoms with van der Waals surface area (Å²) in [4.78, 5) is 2.32. The Morgan fingerprint density at radius 1 is 1.19 bits per heavy atom. The van der Waals surface area contributed by atoms with Gasteiger partial charge in [0.2, 0.25) is 0 Å². The Labute approximate surface area is 126 Å². The van der Waals surface area contributed by atoms with Gasteiger partial charge in [0.25, 0.3) is 0 Å². The van der Waals surface area contributed by atoms with Gasteiger partial charge in [-0.2, -0.15) is 0 Å². The summed E-state index contributed by atoms with van der Waals surface area (Å²) < 4.78 is 0. The lowest BCUT2D eigenvalue weighted by Gasteiger charge is -2.43. The summed E-state index contributed by atoms with van der Waals surface area (Å²) in [6, 6.07) is 8.16. The molecule has 0 spiro atoms. The van der Waals surface area contributed by atoms with E-state index in [0.29, 0.717) is 0 Å². The van der Waals surface area contributed by atoms with Crippen molar-refractivity contribution < 1.29 is 5.11 Å². The first-order valence-corrected chi connectivity index (χ1v) is 7.59. The van der Waals surface area contributed by atoms with Crippen LogP contribution in [0.1, 0.15) is 31.4 Å². The van der Waals surface area contributed by atoms with Crippen molar-refractivity contribution >= 4 is 6.08 Å². The number of likely N-dealkylation sites (N-methyl/N-ethyl adjacent to an activating group) is 1. The molecule has 2 heteroatoms. The molecule has 0 radical (unpaired) electrons. The zero-order valence-corrected chi connectivity index (χ0v) is 12.9. The molecule has 0 saturated heterocycles. The molecule has 1 atom stereocenters. The van der Waals surface area contributed by atoms with E-state index in [4.69, 9.17) is 0 Å². The molecule has 21 heavy (non-hydrogen) atoms. The summed E-state index contributed by atoms with van der Waals surface area (Å²) in [5, 5.41) is 11.3. The fraction of sp³-hybridized carbons (Fsp3) is 0.368. The highest BCUT2D eigenvalue weighted by Crippen LogP contribution is 2.51. The molecular weight excluding hydrogens is 258 g/mol. The maximum Gasteiger partial charge on any atom is 0.134 e. The minimum atomic E-state index is -0.941. The maximum absolute atomic E-state index is 11.3. The van der Waals surface area contributed by atoms with Gasteiger partial charge in [-0.3, -0.25) is 0 Å². The number of aliphatic hydroxyl groups is 1. The summed E-state index contributed by atoms with van der Waals surface area (Å²) in [7, 11) is 2.15. The fourth-order valence-electron chi connectivity index (χ4n) is 4.12. The molecule has 4 rings (SSSR count). The molecule has 0 saturated carbocycles. The van der Waals surface area contributed by atoms with E-state index >= 15 is 0 Å². The highest BCUT2D eigenvalue weighted by molar-refractivity contribution is 5.76. The molecule has 0 fully saturated rings. The van der Waals surface area contributed by atoms with Crippen LogP contribution < -0.4 is 0 Å². The minimum absolute atomic E-state index is 0.231. The van der Waals surface area contributed by atoms with Gasteiger partial charge in [-0.05, 0) is 52.3 Å². The maximum atomic E-state index is 11.3. The van der Waals surface area contributed by atoms with Crippen LogP contribution in [-0.2, 0) is 5.60 Å². The zero-order chi connectivity index (χ0) is 14.8. The molecule has 0 bridgehead atoms. The van der Waals surface area contributed by atoms with Crippen molar-refractivity contribution in [3.05, 3.63) is 64.4 Å². The standard InChI is InChI=1S/C19H21NO/c1-18(2)11-14-16-10-13-6-4-5-7-15(13)19(16,21)9-8-17(14)20(3)12-18/h4-10,21H,11-12H2,1-3H3. The molecule has 108 valence electrons. The average Bonchev–Trinajstić information content (AvgIpc) is 2.71. The van der Waals surface area contributed by atoms with Crippen LogP contribution in [0.15, 0.2) is 53.3 Å². The second-order valence-electron chi connectivity index (χ2n) is 7.31. The number of hydrogen-bond acceptors (Lipinski definition) is 2. The van der Waals surface area contributed by atoms with Crippen molar-refractivity contribution in [2.24, 2.45) is 5.41 Å². The van der Waals surface area contributed by atoms with Crippen LogP contribution in [0.3, 0.4) is 0 Å². The second-order valence-corrected chi connectivity index (χ2v) is 7.31. The van der Waals surface area contributed by atoms with Crippen molar-refractivity contribution in [2.75, 3.05) is 13.6 Å². The van der Waals surface area contributed by atoms with Crippen LogP contribution in [0.2, 0.25) is 0 Å². The lowest BCUT2D eigenvalue weighted by Crippen LogP contribution is -2.40. The quantitative estimate of drug-likeness (QED) is 0.786. The Kier molecular flexibility index (Phi) is 2.39. The van der Waals surface area contributed by atoms with Gasteiger partial charge >= 0.3 is 0 Å². The first kappa shape index (κ1) is 12.9. The van der Waals surface area contributed by atoms with E-state index in [9.17, 15) is 5.11 Å². The van der Waals surface area contributed by atoms with E-state index in [2.05, 4.69) is 44.0 Å². The Hall–Kier alpha value is -1.80. The summed E-state index contributed by atoms with van der Waals surface area (Å²) in [6.07, 6.45) is 7.24. The minimum Gasteiger partial charge on any atom is -0.377 e. The molecule has 2 nitrogen and oxygen atoms in total. The van der Waals surface area contributed by atoms with Crippen LogP contribution in [0.5, 0.6) is 0 Å². The highest BCUT2D eigenvalue weighted by atomic mass is 16.3. The Bertz CT molecular complexity index is 723. The van der Waals surface area contributed by atoms with E-state index in [-0.39, 0.29) is 5.41 Å². The van der Waals surface area contributed by atoms with Gasteiger partial charge in [-0.15, -0.1) is 0 Å². The first-order chi connectivity index (χ1) is 9.91. The van der Waals surface area contributed by atoms with E-state index in [1.165, 1.54) is 11.3 Å². The van der Waals surface area contributed by atoms with Crippen LogP contribution in [-0.4, -0.2) is 23.6 Å². The van der Waals surface area contributed by atoms with Crippen LogP contribution >= 0.6 is 0 Å². The molecule has 2 aliphatic carbocycles. The third-order valence-corrected chi connectivity index (χ3v) is 4.93. The number of rotatable bonds is 0. The predicted molar refractivity (Wildman–Crippen MR) is 85.5 cm³/mol. The van der Waals surface area contributed by atoms with Crippen molar-refractivity contribution in [1.82, 2.24) is 4.90 Å². The van der Waals surface area contributed by atoms with Gasteiger partial charge in [-0.1, -0.05) is 38.1 Å². The first-order valence-electron chi connectivity index (χ1n) is 7.59. The van der Waals surface area contributed by atoms with E-state index in [1.807, 2.05) is 24.3 Å². The zero-order valence-electron chi connectivity index (χ0n) is 12.9. The third kappa shape index (κ3) is 1.69. The lowest BCUT2D eigenvalue weighted by atomic mass is 9.72. The van der Waals surface area contributed by atoms with Crippen molar-refractivity contribution in [2.45, 2.75) is 25.9 Å². The molecule has 0 aromatic heterocycles. The number of hydrogen-bond donors (Lipinski definition) is 1. The Morgan fingerprint density at radius 2 is 1.95 bits per heavy atom. The van der Waals surface area contributed by atoms with Gasteiger partial charge in [-0.25, -0.2) is 0 Å². The van der Waals surface area contributed by atoms with Crippen molar-refractivity contribution in [3.63, 3.8) is 0 Å². The van der Waals surface area contributed by atoms with Gasteiger partial charge in [0, 0.05) is 19.3 Å². The number of benzene rings is 1. The lowest BCUT2D eigenvalue weighted by molar-refractivity contribution is 0.127. The normalized spacial score (nSPS) is 29.0. The SMILES string of the molecule is CN1CC(C)(C)CC2=C1C=CC1(O)C2=Cc2ccccc21. The van der Waals surface area contributed by atoms with E-state index < -0.39 is 5.60 Å². The summed E-state index contributed by atoms with van der Waals surface area (Å²) in [6.45, 7) is 5.65. The fourth-order valence-corrected chi connectivity index (χ4v) is 4.12. The Morgan fingerprint density at radius 3 is 2.76 bits per heavy atom. The molecule has 1 N–H and O–H groups in total. The summed E-state index contributed by atoms with van der Waals surface area (Å²) in [5.74, 6) is 0. The monoisotopic (exact) mass is 279 g/mol. The van der Waals surface area contributed by atoms with Gasteiger partial charge in [0.15, 0.2) is 0 Å². The molecule has 1 unspecified atom stereocenters. The predicted octanol–water partition coefficient (Wildman–Crippen LogP) is 3.46. The molecule has 1 aromatic rings. The average molecular weight is 279 g/mol. The number of allylic oxidation sites excluding steroid dienone is 1. The Balaban J connectivity index is 1.91. The molecule has 3 aliphatic rings. The third-order valence-electron chi connectivity index (χ3n) is 4.93. The number of nitrogens with zero attached hydrogens (tertiary/aromatic N) is 1. The van der Waals surface area contributed by atoms with Crippen LogP contribution in [0.4, 0.5) is 0 Å². The van der Waals surface area contributed by atoms with Gasteiger partial charge in [0.05, 0.1) is 0 Å². The molecule has 1 aromatic carbocycles. The van der Waals surface area contributed by atoms with Crippen LogP contribution in [0.25, 0.3) is 6.08 Å². The summed E-state index contributed by atoms with van der Waals surface area (Å²) >= 11 is 0. The van der Waals surface area contributed by atoms with Crippen LogP contribution in [0, 0.1) is 5.41 Å². The van der Waals surface area contributed by atoms with Crippen molar-refractivity contribution in [1.29, 1.82) is 0 Å². The number of fused-ring (bicyclic) bond motifs is 4.